The minimum atomic E-state index is 0.797. The second kappa shape index (κ2) is 4.87. The van der Waals surface area contributed by atoms with Crippen LogP contribution in [0.3, 0.4) is 0 Å². The lowest BCUT2D eigenvalue weighted by molar-refractivity contribution is 0.353. The first kappa shape index (κ1) is 12.5. The molecule has 0 unspecified atom stereocenters. The van der Waals surface area contributed by atoms with Crippen LogP contribution in [0, 0.1) is 6.92 Å². The summed E-state index contributed by atoms with van der Waals surface area (Å²) in [5.74, 6) is 0. The first-order valence-electron chi connectivity index (χ1n) is 6.46. The number of fused-ring (bicyclic) bond motifs is 1. The van der Waals surface area contributed by atoms with Gasteiger partial charge in [0, 0.05) is 29.5 Å². The second-order valence-electron chi connectivity index (χ2n) is 5.19. The molecule has 0 fully saturated rings. The molecule has 0 aromatic heterocycles. The van der Waals surface area contributed by atoms with Gasteiger partial charge < -0.3 is 5.32 Å². The molecule has 0 saturated heterocycles. The average Bonchev–Trinajstić information content (AvgIpc) is 2.74. The predicted molar refractivity (Wildman–Crippen MR) is 81.1 cm³/mol. The number of anilines is 2. The fourth-order valence-corrected chi connectivity index (χ4v) is 2.72. The van der Waals surface area contributed by atoms with Gasteiger partial charge >= 0.3 is 0 Å². The fourth-order valence-electron chi connectivity index (χ4n) is 2.54. The first-order chi connectivity index (χ1) is 9.13. The zero-order valence-electron chi connectivity index (χ0n) is 11.2. The Morgan fingerprint density at radius 2 is 1.89 bits per heavy atom. The van der Waals surface area contributed by atoms with Gasteiger partial charge in [-0.3, -0.25) is 4.90 Å². The predicted octanol–water partition coefficient (Wildman–Crippen LogP) is 4.34. The van der Waals surface area contributed by atoms with E-state index in [4.69, 9.17) is 11.6 Å². The van der Waals surface area contributed by atoms with Crippen molar-refractivity contribution in [1.82, 2.24) is 4.90 Å². The van der Waals surface area contributed by atoms with E-state index in [1.54, 1.807) is 0 Å². The Balaban J connectivity index is 1.88. The van der Waals surface area contributed by atoms with Crippen LogP contribution in [0.2, 0.25) is 5.02 Å². The molecule has 0 radical (unpaired) electrons. The van der Waals surface area contributed by atoms with Crippen LogP contribution >= 0.6 is 11.6 Å². The lowest BCUT2D eigenvalue weighted by atomic mass is 10.1. The third-order valence-corrected chi connectivity index (χ3v) is 4.04. The molecule has 0 atom stereocenters. The number of hydrogen-bond acceptors (Lipinski definition) is 2. The monoisotopic (exact) mass is 272 g/mol. The number of rotatable bonds is 2. The highest BCUT2D eigenvalue weighted by Crippen LogP contribution is 2.29. The van der Waals surface area contributed by atoms with Gasteiger partial charge in [0.1, 0.15) is 0 Å². The summed E-state index contributed by atoms with van der Waals surface area (Å²) in [5, 5.41) is 4.25. The zero-order valence-corrected chi connectivity index (χ0v) is 12.0. The second-order valence-corrected chi connectivity index (χ2v) is 5.60. The Bertz CT molecular complexity index is 622. The molecule has 3 heteroatoms. The molecule has 0 aliphatic carbocycles. The summed E-state index contributed by atoms with van der Waals surface area (Å²) < 4.78 is 0. The highest BCUT2D eigenvalue weighted by atomic mass is 35.5. The molecule has 3 rings (SSSR count). The molecule has 0 spiro atoms. The van der Waals surface area contributed by atoms with Crippen molar-refractivity contribution >= 4 is 23.0 Å². The van der Waals surface area contributed by atoms with Gasteiger partial charge in [-0.1, -0.05) is 23.7 Å². The number of benzene rings is 2. The molecular weight excluding hydrogens is 256 g/mol. The summed E-state index contributed by atoms with van der Waals surface area (Å²) in [6.07, 6.45) is 0. The van der Waals surface area contributed by atoms with Gasteiger partial charge in [0.2, 0.25) is 0 Å². The Hall–Kier alpha value is -1.51. The molecule has 0 bridgehead atoms. The van der Waals surface area contributed by atoms with Crippen LogP contribution in [0.1, 0.15) is 16.7 Å². The average molecular weight is 273 g/mol. The van der Waals surface area contributed by atoms with E-state index in [1.165, 1.54) is 11.1 Å². The number of halogens is 1. The maximum Gasteiger partial charge on any atom is 0.0455 e. The Morgan fingerprint density at radius 3 is 2.74 bits per heavy atom. The maximum atomic E-state index is 6.15. The molecule has 2 nitrogen and oxygen atoms in total. The number of hydrogen-bond donors (Lipinski definition) is 1. The van der Waals surface area contributed by atoms with Crippen LogP contribution in [0.4, 0.5) is 11.4 Å². The van der Waals surface area contributed by atoms with E-state index in [9.17, 15) is 0 Å². The van der Waals surface area contributed by atoms with Crippen LogP contribution in [-0.4, -0.2) is 11.9 Å². The van der Waals surface area contributed by atoms with Gasteiger partial charge in [-0.05, 0) is 54.9 Å². The molecule has 1 aliphatic heterocycles. The zero-order chi connectivity index (χ0) is 13.4. The summed E-state index contributed by atoms with van der Waals surface area (Å²) in [6, 6.07) is 12.5. The smallest absolute Gasteiger partial charge is 0.0455 e. The SMILES string of the molecule is Cc1c(Cl)cccc1Nc1ccc2c(c1)CN(C)C2. The molecule has 19 heavy (non-hydrogen) atoms. The van der Waals surface area contributed by atoms with Crippen molar-refractivity contribution in [3.63, 3.8) is 0 Å². The van der Waals surface area contributed by atoms with Gasteiger partial charge in [0.15, 0.2) is 0 Å². The highest BCUT2D eigenvalue weighted by molar-refractivity contribution is 6.31. The molecule has 2 aromatic rings. The van der Waals surface area contributed by atoms with E-state index in [2.05, 4.69) is 41.5 Å². The van der Waals surface area contributed by atoms with Gasteiger partial charge in [-0.2, -0.15) is 0 Å². The van der Waals surface area contributed by atoms with E-state index < -0.39 is 0 Å². The summed E-state index contributed by atoms with van der Waals surface area (Å²) >= 11 is 6.15. The van der Waals surface area contributed by atoms with Crippen molar-refractivity contribution in [3.05, 3.63) is 58.1 Å². The van der Waals surface area contributed by atoms with Crippen LogP contribution in [-0.2, 0) is 13.1 Å². The van der Waals surface area contributed by atoms with Crippen molar-refractivity contribution in [2.45, 2.75) is 20.0 Å². The summed E-state index contributed by atoms with van der Waals surface area (Å²) in [7, 11) is 2.15. The summed E-state index contributed by atoms with van der Waals surface area (Å²) in [4.78, 5) is 2.32. The molecule has 1 N–H and O–H groups in total. The molecule has 2 aromatic carbocycles. The summed E-state index contributed by atoms with van der Waals surface area (Å²) in [5.41, 5.74) is 6.11. The van der Waals surface area contributed by atoms with Gasteiger partial charge in [0.05, 0.1) is 0 Å². The van der Waals surface area contributed by atoms with Crippen LogP contribution in [0.5, 0.6) is 0 Å². The number of nitrogens with zero attached hydrogens (tertiary/aromatic N) is 1. The van der Waals surface area contributed by atoms with E-state index in [0.29, 0.717) is 0 Å². The quantitative estimate of drug-likeness (QED) is 0.875. The highest BCUT2D eigenvalue weighted by Gasteiger charge is 2.15. The van der Waals surface area contributed by atoms with Crippen LogP contribution in [0.25, 0.3) is 0 Å². The first-order valence-corrected chi connectivity index (χ1v) is 6.84. The van der Waals surface area contributed by atoms with Gasteiger partial charge in [-0.25, -0.2) is 0 Å². The fraction of sp³-hybridized carbons (Fsp3) is 0.250. The van der Waals surface area contributed by atoms with Crippen molar-refractivity contribution in [3.8, 4) is 0 Å². The van der Waals surface area contributed by atoms with Crippen molar-refractivity contribution in [2.24, 2.45) is 0 Å². The third-order valence-electron chi connectivity index (χ3n) is 3.63. The number of nitrogens with one attached hydrogen (secondary N) is 1. The topological polar surface area (TPSA) is 15.3 Å². The normalized spacial score (nSPS) is 14.5. The van der Waals surface area contributed by atoms with E-state index in [-0.39, 0.29) is 0 Å². The van der Waals surface area contributed by atoms with Crippen LogP contribution in [0.15, 0.2) is 36.4 Å². The third kappa shape index (κ3) is 2.46. The van der Waals surface area contributed by atoms with Crippen molar-refractivity contribution < 1.29 is 0 Å². The molecule has 0 amide bonds. The largest absolute Gasteiger partial charge is 0.355 e. The maximum absolute atomic E-state index is 6.15. The van der Waals surface area contributed by atoms with Crippen LogP contribution < -0.4 is 5.32 Å². The molecule has 1 aliphatic rings. The Labute approximate surface area is 119 Å². The minimum absolute atomic E-state index is 0.797. The van der Waals surface area contributed by atoms with E-state index in [1.807, 2.05) is 19.1 Å². The molecule has 0 saturated carbocycles. The Kier molecular flexibility index (Phi) is 3.21. The van der Waals surface area contributed by atoms with Gasteiger partial charge in [0.25, 0.3) is 0 Å². The van der Waals surface area contributed by atoms with E-state index in [0.717, 1.165) is 35.1 Å². The summed E-state index contributed by atoms with van der Waals surface area (Å²) in [6.45, 7) is 4.11. The van der Waals surface area contributed by atoms with Crippen molar-refractivity contribution in [1.29, 1.82) is 0 Å². The Morgan fingerprint density at radius 1 is 1.11 bits per heavy atom. The lowest BCUT2D eigenvalue weighted by Crippen LogP contribution is -2.07. The minimum Gasteiger partial charge on any atom is -0.355 e. The van der Waals surface area contributed by atoms with E-state index >= 15 is 0 Å². The lowest BCUT2D eigenvalue weighted by Gasteiger charge is -2.11. The molecular formula is C16H17ClN2. The van der Waals surface area contributed by atoms with Crippen molar-refractivity contribution in [2.75, 3.05) is 12.4 Å². The standard InChI is InChI=1S/C16H17ClN2/c1-11-15(17)4-3-5-16(11)18-14-7-6-12-9-19(2)10-13(12)8-14/h3-8,18H,9-10H2,1-2H3. The molecule has 98 valence electrons. The van der Waals surface area contributed by atoms with Gasteiger partial charge in [-0.15, -0.1) is 0 Å². The molecule has 1 heterocycles.